The van der Waals surface area contributed by atoms with Gasteiger partial charge >= 0.3 is 0 Å². The zero-order valence-electron chi connectivity index (χ0n) is 16.0. The van der Waals surface area contributed by atoms with E-state index in [9.17, 15) is 9.18 Å². The Kier molecular flexibility index (Phi) is 5.09. The number of fused-ring (bicyclic) bond motifs is 1. The molecule has 0 spiro atoms. The summed E-state index contributed by atoms with van der Waals surface area (Å²) >= 11 is 0. The second-order valence-electron chi connectivity index (χ2n) is 7.20. The maximum atomic E-state index is 14.1. The number of halogens is 1. The fourth-order valence-corrected chi connectivity index (χ4v) is 3.65. The molecular formula is C21H23FN4O2. The lowest BCUT2D eigenvalue weighted by Gasteiger charge is -2.34. The van der Waals surface area contributed by atoms with Crippen LogP contribution in [-0.4, -0.2) is 53.1 Å². The third kappa shape index (κ3) is 3.75. The number of benzene rings is 1. The first kappa shape index (κ1) is 18.6. The molecule has 0 aliphatic carbocycles. The van der Waals surface area contributed by atoms with E-state index in [0.29, 0.717) is 30.3 Å². The van der Waals surface area contributed by atoms with Crippen LogP contribution in [0.3, 0.4) is 0 Å². The van der Waals surface area contributed by atoms with E-state index in [1.165, 1.54) is 0 Å². The SMILES string of the molecule is CN[C@H]1CCN(C(=O)Cc2cc3cc(-c4cnc(C)o4)ccc3cn2)C[C@@H]1F. The highest BCUT2D eigenvalue weighted by Gasteiger charge is 2.30. The average Bonchev–Trinajstić information content (AvgIpc) is 3.13. The number of piperidine rings is 1. The first-order valence-electron chi connectivity index (χ1n) is 9.44. The fourth-order valence-electron chi connectivity index (χ4n) is 3.65. The van der Waals surface area contributed by atoms with Crippen molar-refractivity contribution in [1.82, 2.24) is 20.2 Å². The number of pyridine rings is 1. The van der Waals surface area contributed by atoms with Crippen molar-refractivity contribution in [2.45, 2.75) is 32.0 Å². The van der Waals surface area contributed by atoms with E-state index >= 15 is 0 Å². The summed E-state index contributed by atoms with van der Waals surface area (Å²) in [4.78, 5) is 22.8. The van der Waals surface area contributed by atoms with Gasteiger partial charge < -0.3 is 14.6 Å². The minimum atomic E-state index is -1.04. The molecule has 2 atom stereocenters. The van der Waals surface area contributed by atoms with E-state index in [1.54, 1.807) is 31.3 Å². The Bertz CT molecular complexity index is 1000. The Balaban J connectivity index is 1.51. The average molecular weight is 382 g/mol. The number of hydrogen-bond acceptors (Lipinski definition) is 5. The smallest absolute Gasteiger partial charge is 0.228 e. The fraction of sp³-hybridized carbons (Fsp3) is 0.381. The van der Waals surface area contributed by atoms with Crippen LogP contribution in [0.5, 0.6) is 0 Å². The molecule has 1 saturated heterocycles. The molecule has 1 N–H and O–H groups in total. The molecule has 7 heteroatoms. The lowest BCUT2D eigenvalue weighted by molar-refractivity contribution is -0.133. The van der Waals surface area contributed by atoms with Gasteiger partial charge in [0.05, 0.1) is 24.9 Å². The summed E-state index contributed by atoms with van der Waals surface area (Å²) in [6.07, 6.45) is 3.20. The first-order valence-corrected chi connectivity index (χ1v) is 9.44. The number of likely N-dealkylation sites (tertiary alicyclic amines) is 1. The molecular weight excluding hydrogens is 359 g/mol. The van der Waals surface area contributed by atoms with Crippen molar-refractivity contribution in [3.8, 4) is 11.3 Å². The van der Waals surface area contributed by atoms with Crippen LogP contribution in [0.25, 0.3) is 22.1 Å². The Labute approximate surface area is 162 Å². The van der Waals surface area contributed by atoms with Crippen LogP contribution in [0.4, 0.5) is 4.39 Å². The van der Waals surface area contributed by atoms with Crippen molar-refractivity contribution in [2.75, 3.05) is 20.1 Å². The van der Waals surface area contributed by atoms with Crippen molar-refractivity contribution in [3.05, 3.63) is 48.2 Å². The molecule has 1 amide bonds. The van der Waals surface area contributed by atoms with Gasteiger partial charge in [-0.25, -0.2) is 9.37 Å². The monoisotopic (exact) mass is 382 g/mol. The molecule has 0 bridgehead atoms. The molecule has 1 aliphatic rings. The van der Waals surface area contributed by atoms with Crippen molar-refractivity contribution in [3.63, 3.8) is 0 Å². The van der Waals surface area contributed by atoms with E-state index in [2.05, 4.69) is 15.3 Å². The number of oxazole rings is 1. The van der Waals surface area contributed by atoms with Gasteiger partial charge in [0.1, 0.15) is 6.17 Å². The van der Waals surface area contributed by atoms with Gasteiger partial charge in [0.2, 0.25) is 5.91 Å². The minimum Gasteiger partial charge on any atom is -0.441 e. The molecule has 1 fully saturated rings. The standard InChI is InChI=1S/C21H23FN4O2/c1-13-24-11-20(28-13)14-3-4-15-10-25-17(8-16(15)7-14)9-21(27)26-6-5-19(23-2)18(22)12-26/h3-4,7-8,10-11,18-19,23H,5-6,9,12H2,1-2H3/t18-,19-/m0/s1. The Morgan fingerprint density at radius 1 is 1.29 bits per heavy atom. The van der Waals surface area contributed by atoms with Crippen LogP contribution >= 0.6 is 0 Å². The Morgan fingerprint density at radius 2 is 2.14 bits per heavy atom. The van der Waals surface area contributed by atoms with Gasteiger partial charge in [0.25, 0.3) is 0 Å². The number of aromatic nitrogens is 2. The molecule has 2 aromatic heterocycles. The highest BCUT2D eigenvalue weighted by molar-refractivity contribution is 5.87. The molecule has 28 heavy (non-hydrogen) atoms. The quantitative estimate of drug-likeness (QED) is 0.751. The summed E-state index contributed by atoms with van der Waals surface area (Å²) in [7, 11) is 1.75. The predicted molar refractivity (Wildman–Crippen MR) is 105 cm³/mol. The third-order valence-corrected chi connectivity index (χ3v) is 5.28. The number of carbonyl (C=O) groups excluding carboxylic acids is 1. The van der Waals surface area contributed by atoms with E-state index in [0.717, 1.165) is 16.3 Å². The molecule has 0 unspecified atom stereocenters. The maximum absolute atomic E-state index is 14.1. The minimum absolute atomic E-state index is 0.0916. The van der Waals surface area contributed by atoms with E-state index in [-0.39, 0.29) is 24.9 Å². The van der Waals surface area contributed by atoms with Crippen molar-refractivity contribution >= 4 is 16.7 Å². The summed E-state index contributed by atoms with van der Waals surface area (Å²) in [5, 5.41) is 4.92. The van der Waals surface area contributed by atoms with Gasteiger partial charge in [-0.15, -0.1) is 0 Å². The number of hydrogen-bond donors (Lipinski definition) is 1. The molecule has 4 rings (SSSR count). The summed E-state index contributed by atoms with van der Waals surface area (Å²) in [6.45, 7) is 2.50. The number of rotatable bonds is 4. The summed E-state index contributed by atoms with van der Waals surface area (Å²) in [5.41, 5.74) is 1.60. The van der Waals surface area contributed by atoms with Gasteiger partial charge in [-0.3, -0.25) is 9.78 Å². The van der Waals surface area contributed by atoms with Crippen LogP contribution in [-0.2, 0) is 11.2 Å². The van der Waals surface area contributed by atoms with Gasteiger partial charge in [0, 0.05) is 36.7 Å². The molecule has 0 saturated carbocycles. The lowest BCUT2D eigenvalue weighted by atomic mass is 10.0. The molecule has 6 nitrogen and oxygen atoms in total. The van der Waals surface area contributed by atoms with E-state index in [4.69, 9.17) is 4.42 Å². The van der Waals surface area contributed by atoms with Crippen molar-refractivity contribution in [2.24, 2.45) is 0 Å². The second-order valence-corrected chi connectivity index (χ2v) is 7.20. The number of nitrogens with zero attached hydrogens (tertiary/aromatic N) is 3. The van der Waals surface area contributed by atoms with Gasteiger partial charge in [-0.2, -0.15) is 0 Å². The van der Waals surface area contributed by atoms with E-state index in [1.807, 2.05) is 24.3 Å². The van der Waals surface area contributed by atoms with Gasteiger partial charge in [-0.1, -0.05) is 12.1 Å². The zero-order valence-corrected chi connectivity index (χ0v) is 16.0. The Morgan fingerprint density at radius 3 is 2.86 bits per heavy atom. The van der Waals surface area contributed by atoms with Crippen LogP contribution in [0.15, 0.2) is 41.1 Å². The number of carbonyl (C=O) groups is 1. The molecule has 0 radical (unpaired) electrons. The maximum Gasteiger partial charge on any atom is 0.228 e. The highest BCUT2D eigenvalue weighted by Crippen LogP contribution is 2.25. The zero-order chi connectivity index (χ0) is 19.7. The number of amides is 1. The van der Waals surface area contributed by atoms with Crippen molar-refractivity contribution < 1.29 is 13.6 Å². The van der Waals surface area contributed by atoms with Crippen LogP contribution < -0.4 is 5.32 Å². The summed E-state index contributed by atoms with van der Waals surface area (Å²) < 4.78 is 19.7. The first-order chi connectivity index (χ1) is 13.5. The van der Waals surface area contributed by atoms with Gasteiger partial charge in [-0.05, 0) is 31.0 Å². The molecule has 3 aromatic rings. The summed E-state index contributed by atoms with van der Waals surface area (Å²) in [6, 6.07) is 7.66. The number of aryl methyl sites for hydroxylation is 1. The third-order valence-electron chi connectivity index (χ3n) is 5.28. The normalized spacial score (nSPS) is 19.9. The highest BCUT2D eigenvalue weighted by atomic mass is 19.1. The summed E-state index contributed by atoms with van der Waals surface area (Å²) in [5.74, 6) is 1.23. The largest absolute Gasteiger partial charge is 0.441 e. The molecule has 3 heterocycles. The Hall–Kier alpha value is -2.80. The molecule has 1 aromatic carbocycles. The number of nitrogens with one attached hydrogen (secondary N) is 1. The van der Waals surface area contributed by atoms with Crippen LogP contribution in [0, 0.1) is 6.92 Å². The van der Waals surface area contributed by atoms with E-state index < -0.39 is 6.17 Å². The van der Waals surface area contributed by atoms with Crippen LogP contribution in [0.2, 0.25) is 0 Å². The van der Waals surface area contributed by atoms with Gasteiger partial charge in [0.15, 0.2) is 11.7 Å². The molecule has 146 valence electrons. The predicted octanol–water partition coefficient (Wildman–Crippen LogP) is 2.90. The lowest BCUT2D eigenvalue weighted by Crippen LogP contribution is -2.51. The second kappa shape index (κ2) is 7.67. The van der Waals surface area contributed by atoms with Crippen molar-refractivity contribution in [1.29, 1.82) is 0 Å². The van der Waals surface area contributed by atoms with Crippen LogP contribution in [0.1, 0.15) is 18.0 Å². The topological polar surface area (TPSA) is 71.3 Å². The molecule has 1 aliphatic heterocycles. The number of alkyl halides is 1.